The molecule has 0 saturated heterocycles. The average molecular weight is 220 g/mol. The van der Waals surface area contributed by atoms with E-state index in [9.17, 15) is 5.21 Å². The molecular formula is C12H10ClNO. The van der Waals surface area contributed by atoms with Crippen LogP contribution in [-0.4, -0.2) is 0 Å². The van der Waals surface area contributed by atoms with Crippen LogP contribution in [0.2, 0.25) is 5.15 Å². The molecule has 76 valence electrons. The van der Waals surface area contributed by atoms with Crippen molar-refractivity contribution >= 4 is 11.6 Å². The molecule has 0 atom stereocenters. The molecule has 0 spiro atoms. The summed E-state index contributed by atoms with van der Waals surface area (Å²) >= 11 is 5.75. The Morgan fingerprint density at radius 1 is 1.07 bits per heavy atom. The van der Waals surface area contributed by atoms with Crippen LogP contribution in [0.25, 0.3) is 11.3 Å². The Hall–Kier alpha value is -1.54. The highest BCUT2D eigenvalue weighted by Crippen LogP contribution is 2.17. The molecule has 3 heteroatoms. The summed E-state index contributed by atoms with van der Waals surface area (Å²) in [4.78, 5) is 0. The van der Waals surface area contributed by atoms with Crippen LogP contribution in [0.1, 0.15) is 5.56 Å². The third kappa shape index (κ3) is 1.95. The van der Waals surface area contributed by atoms with Gasteiger partial charge < -0.3 is 5.21 Å². The Labute approximate surface area is 93.3 Å². The summed E-state index contributed by atoms with van der Waals surface area (Å²) in [6, 6.07) is 12.9. The number of hydrogen-bond donors (Lipinski definition) is 0. The standard InChI is InChI=1S/C12H10ClNO/c1-9-5-7-10(8-6-9)11-3-2-4-12(13)14(11)15/h2-8H,1H3. The van der Waals surface area contributed by atoms with Crippen LogP contribution in [-0.2, 0) is 0 Å². The van der Waals surface area contributed by atoms with Crippen molar-refractivity contribution in [1.82, 2.24) is 0 Å². The molecule has 1 aromatic heterocycles. The van der Waals surface area contributed by atoms with E-state index in [0.717, 1.165) is 10.3 Å². The van der Waals surface area contributed by atoms with Gasteiger partial charge in [0, 0.05) is 17.7 Å². The van der Waals surface area contributed by atoms with Gasteiger partial charge in [0.1, 0.15) is 0 Å². The molecule has 2 aromatic rings. The molecule has 0 aliphatic rings. The zero-order valence-electron chi connectivity index (χ0n) is 8.27. The maximum atomic E-state index is 11.6. The molecule has 0 saturated carbocycles. The van der Waals surface area contributed by atoms with Gasteiger partial charge in [-0.15, -0.1) is 0 Å². The Kier molecular flexibility index (Phi) is 2.60. The Balaban J connectivity index is 2.54. The van der Waals surface area contributed by atoms with Gasteiger partial charge in [0.15, 0.2) is 0 Å². The van der Waals surface area contributed by atoms with Crippen LogP contribution in [0.5, 0.6) is 0 Å². The van der Waals surface area contributed by atoms with Crippen molar-refractivity contribution < 1.29 is 4.73 Å². The smallest absolute Gasteiger partial charge is 0.286 e. The number of halogens is 1. The maximum Gasteiger partial charge on any atom is 0.286 e. The minimum absolute atomic E-state index is 0.188. The van der Waals surface area contributed by atoms with Crippen LogP contribution in [0, 0.1) is 12.1 Å². The summed E-state index contributed by atoms with van der Waals surface area (Å²) in [5, 5.41) is 11.8. The Morgan fingerprint density at radius 3 is 2.40 bits per heavy atom. The lowest BCUT2D eigenvalue weighted by Crippen LogP contribution is -2.30. The molecule has 2 nitrogen and oxygen atoms in total. The SMILES string of the molecule is Cc1ccc(-c2cccc(Cl)[n+]2[O-])cc1. The molecule has 0 unspecified atom stereocenters. The minimum Gasteiger partial charge on any atom is -0.617 e. The van der Waals surface area contributed by atoms with Crippen molar-refractivity contribution in [2.24, 2.45) is 0 Å². The second-order valence-corrected chi connectivity index (χ2v) is 3.78. The van der Waals surface area contributed by atoms with E-state index < -0.39 is 0 Å². The molecule has 0 aliphatic carbocycles. The number of aromatic nitrogens is 1. The number of aryl methyl sites for hydroxylation is 1. The first-order valence-corrected chi connectivity index (χ1v) is 5.01. The van der Waals surface area contributed by atoms with Gasteiger partial charge >= 0.3 is 0 Å². The predicted octanol–water partition coefficient (Wildman–Crippen LogP) is 2.95. The third-order valence-electron chi connectivity index (χ3n) is 2.25. The fourth-order valence-corrected chi connectivity index (χ4v) is 1.57. The summed E-state index contributed by atoms with van der Waals surface area (Å²) in [5.41, 5.74) is 2.61. The number of rotatable bonds is 1. The van der Waals surface area contributed by atoms with Crippen molar-refractivity contribution in [3.63, 3.8) is 0 Å². The van der Waals surface area contributed by atoms with E-state index in [1.807, 2.05) is 31.2 Å². The highest BCUT2D eigenvalue weighted by atomic mass is 35.5. The molecule has 0 N–H and O–H groups in total. The Morgan fingerprint density at radius 2 is 1.73 bits per heavy atom. The highest BCUT2D eigenvalue weighted by molar-refractivity contribution is 6.28. The maximum absolute atomic E-state index is 11.6. The lowest BCUT2D eigenvalue weighted by Gasteiger charge is -2.05. The largest absolute Gasteiger partial charge is 0.617 e. The Bertz CT molecular complexity index is 479. The lowest BCUT2D eigenvalue weighted by atomic mass is 10.1. The second kappa shape index (κ2) is 3.91. The molecule has 0 radical (unpaired) electrons. The molecule has 0 aliphatic heterocycles. The summed E-state index contributed by atoms with van der Waals surface area (Å²) in [5.74, 6) is 0. The van der Waals surface area contributed by atoms with Crippen molar-refractivity contribution in [1.29, 1.82) is 0 Å². The number of pyridine rings is 1. The van der Waals surface area contributed by atoms with E-state index in [-0.39, 0.29) is 5.15 Å². The van der Waals surface area contributed by atoms with Gasteiger partial charge in [0.05, 0.1) is 0 Å². The monoisotopic (exact) mass is 219 g/mol. The molecule has 0 bridgehead atoms. The first-order chi connectivity index (χ1) is 7.18. The molecular weight excluding hydrogens is 210 g/mol. The summed E-state index contributed by atoms with van der Waals surface area (Å²) in [6.45, 7) is 2.01. The van der Waals surface area contributed by atoms with E-state index in [1.165, 1.54) is 5.56 Å². The molecule has 1 heterocycles. The predicted molar refractivity (Wildman–Crippen MR) is 60.6 cm³/mol. The van der Waals surface area contributed by atoms with Crippen molar-refractivity contribution in [3.8, 4) is 11.3 Å². The van der Waals surface area contributed by atoms with Gasteiger partial charge in [-0.05, 0) is 36.7 Å². The van der Waals surface area contributed by atoms with Crippen molar-refractivity contribution in [2.75, 3.05) is 0 Å². The average Bonchev–Trinajstić information content (AvgIpc) is 2.24. The minimum atomic E-state index is 0.188. The van der Waals surface area contributed by atoms with E-state index in [4.69, 9.17) is 11.6 Å². The number of hydrogen-bond acceptors (Lipinski definition) is 1. The zero-order valence-corrected chi connectivity index (χ0v) is 9.03. The van der Waals surface area contributed by atoms with Crippen molar-refractivity contribution in [3.05, 3.63) is 58.4 Å². The zero-order chi connectivity index (χ0) is 10.8. The van der Waals surface area contributed by atoms with Gasteiger partial charge in [0.2, 0.25) is 5.69 Å². The summed E-state index contributed by atoms with van der Waals surface area (Å²) in [7, 11) is 0. The summed E-state index contributed by atoms with van der Waals surface area (Å²) < 4.78 is 0.728. The molecule has 15 heavy (non-hydrogen) atoms. The van der Waals surface area contributed by atoms with E-state index >= 15 is 0 Å². The van der Waals surface area contributed by atoms with Crippen LogP contribution < -0.4 is 4.73 Å². The highest BCUT2D eigenvalue weighted by Gasteiger charge is 2.10. The quantitative estimate of drug-likeness (QED) is 0.412. The molecule has 0 amide bonds. The van der Waals surface area contributed by atoms with Crippen LogP contribution in [0.4, 0.5) is 0 Å². The summed E-state index contributed by atoms with van der Waals surface area (Å²) in [6.07, 6.45) is 0. The van der Waals surface area contributed by atoms with E-state index in [0.29, 0.717) is 5.69 Å². The van der Waals surface area contributed by atoms with Gasteiger partial charge in [0.25, 0.3) is 5.15 Å². The van der Waals surface area contributed by atoms with Crippen LogP contribution in [0.15, 0.2) is 42.5 Å². The number of nitrogens with zero attached hydrogens (tertiary/aromatic N) is 1. The van der Waals surface area contributed by atoms with Gasteiger partial charge in [-0.3, -0.25) is 0 Å². The molecule has 2 rings (SSSR count). The van der Waals surface area contributed by atoms with Gasteiger partial charge in [-0.2, -0.15) is 4.73 Å². The topological polar surface area (TPSA) is 26.9 Å². The normalized spacial score (nSPS) is 10.3. The molecule has 0 fully saturated rings. The van der Waals surface area contributed by atoms with E-state index in [1.54, 1.807) is 18.2 Å². The van der Waals surface area contributed by atoms with Crippen LogP contribution in [0.3, 0.4) is 0 Å². The first kappa shape index (κ1) is 9.99. The lowest BCUT2D eigenvalue weighted by molar-refractivity contribution is -0.591. The first-order valence-electron chi connectivity index (χ1n) is 4.63. The fourth-order valence-electron chi connectivity index (χ4n) is 1.41. The second-order valence-electron chi connectivity index (χ2n) is 3.39. The van der Waals surface area contributed by atoms with Gasteiger partial charge in [-0.1, -0.05) is 17.7 Å². The van der Waals surface area contributed by atoms with Crippen LogP contribution >= 0.6 is 11.6 Å². The fraction of sp³-hybridized carbons (Fsp3) is 0.0833. The van der Waals surface area contributed by atoms with Gasteiger partial charge in [-0.25, -0.2) is 0 Å². The van der Waals surface area contributed by atoms with E-state index in [2.05, 4.69) is 0 Å². The number of benzene rings is 1. The third-order valence-corrected chi connectivity index (χ3v) is 2.53. The van der Waals surface area contributed by atoms with Crippen molar-refractivity contribution in [2.45, 2.75) is 6.92 Å². The molecule has 1 aromatic carbocycles.